The number of fused-ring (bicyclic) bond motifs is 13. The van der Waals surface area contributed by atoms with Gasteiger partial charge in [0.2, 0.25) is 0 Å². The molecule has 2 aromatic heterocycles. The summed E-state index contributed by atoms with van der Waals surface area (Å²) in [6.07, 6.45) is 0. The molecule has 0 amide bonds. The molecule has 0 unspecified atom stereocenters. The number of nitrogens with zero attached hydrogens (tertiary/aromatic N) is 3. The van der Waals surface area contributed by atoms with Gasteiger partial charge in [0.05, 0.1) is 22.2 Å². The van der Waals surface area contributed by atoms with E-state index in [2.05, 4.69) is 278 Å². The monoisotopic (exact) mass is 957 g/mol. The van der Waals surface area contributed by atoms with Gasteiger partial charge in [0.1, 0.15) is 0 Å². The van der Waals surface area contributed by atoms with Gasteiger partial charge in [-0.3, -0.25) is 0 Å². The Kier molecular flexibility index (Phi) is 8.58. The molecule has 12 aromatic carbocycles. The average molecular weight is 958 g/mol. The first-order valence-electron chi connectivity index (χ1n) is 26.4. The quantitative estimate of drug-likeness (QED) is 0.121. The maximum Gasteiger partial charge on any atom is 0.0619 e. The Morgan fingerprint density at radius 1 is 0.293 bits per heavy atom. The van der Waals surface area contributed by atoms with E-state index in [9.17, 15) is 0 Å². The van der Waals surface area contributed by atoms with Gasteiger partial charge in [-0.1, -0.05) is 161 Å². The molecule has 354 valence electrons. The Hall–Kier alpha value is -9.18. The second-order valence-corrected chi connectivity index (χ2v) is 22.1. The summed E-state index contributed by atoms with van der Waals surface area (Å²) in [5, 5.41) is 12.6. The first-order chi connectivity index (χ1) is 36.7. The molecule has 2 aliphatic rings. The van der Waals surface area contributed by atoms with E-state index in [-0.39, 0.29) is 10.8 Å². The first kappa shape index (κ1) is 42.3. The SMILES string of the molecule is CC1(C)c2cc(N(c3ccccc3)c3ccc4c(c3)c3cccc5c6ccc(N(c7ccccc7)c7ccc8c(c7)C(C)(C)c7cc9ccccc9cc7-8)c7cccc(c76)n4c53)ccc2-c2cc3ccccc3cc21. The molecule has 0 aliphatic heterocycles. The minimum atomic E-state index is -0.171. The minimum Gasteiger partial charge on any atom is -0.310 e. The lowest BCUT2D eigenvalue weighted by molar-refractivity contribution is 0.661. The highest BCUT2D eigenvalue weighted by Gasteiger charge is 2.38. The number of benzene rings is 12. The Labute approximate surface area is 436 Å². The average Bonchev–Trinajstić information content (AvgIpc) is 4.01. The Morgan fingerprint density at radius 3 is 1.36 bits per heavy atom. The van der Waals surface area contributed by atoms with Crippen LogP contribution in [0.3, 0.4) is 0 Å². The fraction of sp³-hybridized carbons (Fsp3) is 0.0833. The molecule has 0 bridgehead atoms. The second-order valence-electron chi connectivity index (χ2n) is 22.1. The molecule has 2 heterocycles. The normalized spacial score (nSPS) is 14.1. The van der Waals surface area contributed by atoms with Crippen LogP contribution in [-0.2, 0) is 10.8 Å². The fourth-order valence-electron chi connectivity index (χ4n) is 13.8. The van der Waals surface area contributed by atoms with Gasteiger partial charge >= 0.3 is 0 Å². The summed E-state index contributed by atoms with van der Waals surface area (Å²) in [6.45, 7) is 9.55. The van der Waals surface area contributed by atoms with E-state index < -0.39 is 0 Å². The zero-order chi connectivity index (χ0) is 49.9. The molecule has 75 heavy (non-hydrogen) atoms. The Morgan fingerprint density at radius 2 is 0.760 bits per heavy atom. The third-order valence-corrected chi connectivity index (χ3v) is 17.4. The highest BCUT2D eigenvalue weighted by atomic mass is 15.1. The zero-order valence-electron chi connectivity index (χ0n) is 42.4. The van der Waals surface area contributed by atoms with E-state index in [0.717, 1.165) is 34.1 Å². The van der Waals surface area contributed by atoms with Crippen LogP contribution in [0.25, 0.3) is 92.7 Å². The highest BCUT2D eigenvalue weighted by molar-refractivity contribution is 6.29. The molecular weight excluding hydrogens is 907 g/mol. The van der Waals surface area contributed by atoms with Crippen molar-refractivity contribution < 1.29 is 0 Å². The summed E-state index contributed by atoms with van der Waals surface area (Å²) >= 11 is 0. The van der Waals surface area contributed by atoms with Gasteiger partial charge in [-0.25, -0.2) is 0 Å². The van der Waals surface area contributed by atoms with Gasteiger partial charge in [0.25, 0.3) is 0 Å². The number of hydrogen-bond donors (Lipinski definition) is 0. The maximum atomic E-state index is 2.54. The van der Waals surface area contributed by atoms with Gasteiger partial charge in [-0.2, -0.15) is 0 Å². The van der Waals surface area contributed by atoms with Crippen LogP contribution in [0.15, 0.2) is 237 Å². The molecule has 0 atom stereocenters. The highest BCUT2D eigenvalue weighted by Crippen LogP contribution is 2.55. The molecule has 3 heteroatoms. The number of rotatable bonds is 6. The van der Waals surface area contributed by atoms with Gasteiger partial charge in [0.15, 0.2) is 0 Å². The Bertz CT molecular complexity index is 4710. The molecule has 3 nitrogen and oxygen atoms in total. The van der Waals surface area contributed by atoms with Crippen LogP contribution in [0.1, 0.15) is 49.9 Å². The van der Waals surface area contributed by atoms with Crippen molar-refractivity contribution >= 4 is 105 Å². The number of aromatic nitrogens is 1. The van der Waals surface area contributed by atoms with Crippen LogP contribution < -0.4 is 9.80 Å². The van der Waals surface area contributed by atoms with Crippen LogP contribution in [0.2, 0.25) is 0 Å². The van der Waals surface area contributed by atoms with Crippen molar-refractivity contribution in [1.29, 1.82) is 0 Å². The number of pyridine rings is 1. The lowest BCUT2D eigenvalue weighted by atomic mass is 9.81. The van der Waals surface area contributed by atoms with Crippen molar-refractivity contribution in [2.24, 2.45) is 0 Å². The number of hydrogen-bond acceptors (Lipinski definition) is 2. The molecule has 14 aromatic rings. The van der Waals surface area contributed by atoms with Gasteiger partial charge in [0, 0.05) is 66.2 Å². The molecule has 0 radical (unpaired) electrons. The zero-order valence-corrected chi connectivity index (χ0v) is 42.4. The summed E-state index contributed by atoms with van der Waals surface area (Å²) in [4.78, 5) is 4.93. The minimum absolute atomic E-state index is 0.162. The predicted octanol–water partition coefficient (Wildman–Crippen LogP) is 19.8. The number of para-hydroxylation sites is 3. The van der Waals surface area contributed by atoms with E-state index in [0.29, 0.717) is 0 Å². The van der Waals surface area contributed by atoms with Crippen molar-refractivity contribution in [3.8, 4) is 22.3 Å². The van der Waals surface area contributed by atoms with Crippen molar-refractivity contribution in [3.05, 3.63) is 259 Å². The van der Waals surface area contributed by atoms with Crippen molar-refractivity contribution in [2.45, 2.75) is 38.5 Å². The molecule has 0 N–H and O–H groups in total. The standard InChI is InChI=1S/C72H51N3/c1-71(2)62-39-46-19-13-11-17-44(46)37-59(62)53-32-29-51(42-64(53)71)73(48-21-7-5-8-22-48)50-31-35-67-61(41-50)57-26-15-25-56-55-34-36-66(58-27-16-28-68(69(55)58)75(67)70(56)57)74(49-23-9-6-10-24-49)52-30-33-54-60-38-45-18-12-14-20-47(45)40-63(60)72(3,4)65(54)43-52/h5-43H,1-4H3. The summed E-state index contributed by atoms with van der Waals surface area (Å²) in [6, 6.07) is 88.9. The van der Waals surface area contributed by atoms with E-state index in [4.69, 9.17) is 0 Å². The number of anilines is 6. The predicted molar refractivity (Wildman–Crippen MR) is 318 cm³/mol. The van der Waals surface area contributed by atoms with Gasteiger partial charge in [-0.15, -0.1) is 0 Å². The van der Waals surface area contributed by atoms with Crippen LogP contribution in [0, 0.1) is 0 Å². The van der Waals surface area contributed by atoms with Crippen molar-refractivity contribution in [1.82, 2.24) is 4.40 Å². The first-order valence-corrected chi connectivity index (χ1v) is 26.4. The molecule has 2 aliphatic carbocycles. The topological polar surface area (TPSA) is 10.9 Å². The molecular formula is C72H51N3. The van der Waals surface area contributed by atoms with Gasteiger partial charge in [-0.05, 0) is 175 Å². The molecule has 0 saturated carbocycles. The van der Waals surface area contributed by atoms with Crippen LogP contribution in [0.4, 0.5) is 34.1 Å². The molecule has 0 spiro atoms. The van der Waals surface area contributed by atoms with Gasteiger partial charge < -0.3 is 14.2 Å². The smallest absolute Gasteiger partial charge is 0.0619 e. The van der Waals surface area contributed by atoms with Crippen molar-refractivity contribution in [3.63, 3.8) is 0 Å². The lowest BCUT2D eigenvalue weighted by Crippen LogP contribution is -2.16. The summed E-state index contributed by atoms with van der Waals surface area (Å²) in [5.74, 6) is 0. The second kappa shape index (κ2) is 15.2. The molecule has 0 fully saturated rings. The van der Waals surface area contributed by atoms with Crippen molar-refractivity contribution in [2.75, 3.05) is 9.80 Å². The van der Waals surface area contributed by atoms with E-state index in [1.165, 1.54) is 115 Å². The lowest BCUT2D eigenvalue weighted by Gasteiger charge is -2.29. The maximum absolute atomic E-state index is 2.54. The third kappa shape index (κ3) is 5.87. The third-order valence-electron chi connectivity index (χ3n) is 17.4. The summed E-state index contributed by atoms with van der Waals surface area (Å²) in [5.41, 5.74) is 21.0. The van der Waals surface area contributed by atoms with E-state index >= 15 is 0 Å². The molecule has 0 saturated heterocycles. The van der Waals surface area contributed by atoms with Crippen LogP contribution in [-0.4, -0.2) is 4.40 Å². The van der Waals surface area contributed by atoms with Crippen LogP contribution in [0.5, 0.6) is 0 Å². The summed E-state index contributed by atoms with van der Waals surface area (Å²) in [7, 11) is 0. The van der Waals surface area contributed by atoms with Crippen LogP contribution >= 0.6 is 0 Å². The van der Waals surface area contributed by atoms with E-state index in [1.54, 1.807) is 0 Å². The van der Waals surface area contributed by atoms with E-state index in [1.807, 2.05) is 0 Å². The molecule has 16 rings (SSSR count). The fourth-order valence-corrected chi connectivity index (χ4v) is 13.8. The largest absolute Gasteiger partial charge is 0.310 e. The Balaban J connectivity index is 0.871. The summed E-state index contributed by atoms with van der Waals surface area (Å²) < 4.78 is 2.54.